The van der Waals surface area contributed by atoms with E-state index in [4.69, 9.17) is 16.4 Å². The molecule has 4 nitrogen and oxygen atoms in total. The minimum absolute atomic E-state index is 0.128. The molecule has 0 fully saturated rings. The number of halogens is 1. The summed E-state index contributed by atoms with van der Waals surface area (Å²) in [5.41, 5.74) is 0.809. The van der Waals surface area contributed by atoms with Gasteiger partial charge in [0, 0.05) is 13.2 Å². The van der Waals surface area contributed by atoms with Crippen molar-refractivity contribution < 1.29 is 9.63 Å². The molecule has 1 aromatic rings. The summed E-state index contributed by atoms with van der Waals surface area (Å²) in [4.78, 5) is 20.0. The highest BCUT2D eigenvalue weighted by Gasteiger charge is 2.08. The summed E-state index contributed by atoms with van der Waals surface area (Å²) < 4.78 is 0. The molecule has 0 aliphatic heterocycles. The summed E-state index contributed by atoms with van der Waals surface area (Å²) in [5, 5.41) is 1.59. The number of amides is 1. The molecule has 5 heteroatoms. The van der Waals surface area contributed by atoms with Crippen molar-refractivity contribution in [2.24, 2.45) is 0 Å². The molecule has 1 amide bonds. The number of hydroxylamine groups is 2. The number of hydrogen-bond donors (Lipinski definition) is 0. The first kappa shape index (κ1) is 10.9. The molecule has 0 N–H and O–H groups in total. The molecule has 0 spiro atoms. The van der Waals surface area contributed by atoms with Gasteiger partial charge in [-0.2, -0.15) is 0 Å². The van der Waals surface area contributed by atoms with Gasteiger partial charge in [0.2, 0.25) is 5.91 Å². The molecule has 0 aliphatic rings. The van der Waals surface area contributed by atoms with Gasteiger partial charge in [-0.25, -0.2) is 10.0 Å². The topological polar surface area (TPSA) is 42.4 Å². The number of pyridine rings is 1. The van der Waals surface area contributed by atoms with Gasteiger partial charge < -0.3 is 0 Å². The Morgan fingerprint density at radius 3 is 2.86 bits per heavy atom. The fourth-order valence-electron chi connectivity index (χ4n) is 0.899. The van der Waals surface area contributed by atoms with Gasteiger partial charge >= 0.3 is 0 Å². The predicted molar refractivity (Wildman–Crippen MR) is 52.7 cm³/mol. The number of nitrogens with zero attached hydrogens (tertiary/aromatic N) is 2. The van der Waals surface area contributed by atoms with Gasteiger partial charge in [0.05, 0.1) is 13.5 Å². The van der Waals surface area contributed by atoms with E-state index in [1.807, 2.05) is 0 Å². The average molecular weight is 215 g/mol. The third kappa shape index (κ3) is 2.97. The van der Waals surface area contributed by atoms with Crippen LogP contribution < -0.4 is 0 Å². The summed E-state index contributed by atoms with van der Waals surface area (Å²) in [6, 6.07) is 3.41. The van der Waals surface area contributed by atoms with Crippen LogP contribution >= 0.6 is 11.6 Å². The van der Waals surface area contributed by atoms with E-state index < -0.39 is 0 Å². The van der Waals surface area contributed by atoms with Crippen LogP contribution in [0.3, 0.4) is 0 Å². The lowest BCUT2D eigenvalue weighted by atomic mass is 10.2. The second kappa shape index (κ2) is 4.93. The first-order chi connectivity index (χ1) is 6.63. The second-order valence-electron chi connectivity index (χ2n) is 2.74. The zero-order chi connectivity index (χ0) is 10.6. The molecule has 0 bridgehead atoms. The van der Waals surface area contributed by atoms with Crippen molar-refractivity contribution in [3.8, 4) is 0 Å². The van der Waals surface area contributed by atoms with E-state index in [0.29, 0.717) is 5.15 Å². The quantitative estimate of drug-likeness (QED) is 0.563. The predicted octanol–water partition coefficient (Wildman–Crippen LogP) is 1.30. The summed E-state index contributed by atoms with van der Waals surface area (Å²) in [5.74, 6) is -0.128. The molecule has 0 aliphatic carbocycles. The van der Waals surface area contributed by atoms with Gasteiger partial charge in [-0.05, 0) is 11.6 Å². The SMILES string of the molecule is CON(C)C(=O)Cc1ccc(Cl)nc1. The normalized spacial score (nSPS) is 9.93. The van der Waals surface area contributed by atoms with E-state index >= 15 is 0 Å². The summed E-state index contributed by atoms with van der Waals surface area (Å²) in [6.07, 6.45) is 1.83. The van der Waals surface area contributed by atoms with Crippen molar-refractivity contribution in [1.82, 2.24) is 10.0 Å². The maximum absolute atomic E-state index is 11.4. The first-order valence-electron chi connectivity index (χ1n) is 4.04. The van der Waals surface area contributed by atoms with Crippen LogP contribution in [0.5, 0.6) is 0 Å². The van der Waals surface area contributed by atoms with Crippen LogP contribution in [-0.4, -0.2) is 30.1 Å². The van der Waals surface area contributed by atoms with E-state index in [-0.39, 0.29) is 12.3 Å². The third-order valence-electron chi connectivity index (χ3n) is 1.77. The summed E-state index contributed by atoms with van der Waals surface area (Å²) >= 11 is 5.61. The average Bonchev–Trinajstić information content (AvgIpc) is 2.20. The molecular weight excluding hydrogens is 204 g/mol. The van der Waals surface area contributed by atoms with Gasteiger partial charge in [0.15, 0.2) is 0 Å². The molecule has 14 heavy (non-hydrogen) atoms. The molecule has 0 atom stereocenters. The number of aromatic nitrogens is 1. The number of carbonyl (C=O) groups is 1. The molecule has 1 heterocycles. The minimum Gasteiger partial charge on any atom is -0.275 e. The Bertz CT molecular complexity index is 313. The maximum Gasteiger partial charge on any atom is 0.250 e. The van der Waals surface area contributed by atoms with Crippen LogP contribution in [-0.2, 0) is 16.1 Å². The Balaban J connectivity index is 2.60. The van der Waals surface area contributed by atoms with Crippen molar-refractivity contribution >= 4 is 17.5 Å². The van der Waals surface area contributed by atoms with Crippen LogP contribution in [0.25, 0.3) is 0 Å². The van der Waals surface area contributed by atoms with E-state index in [9.17, 15) is 4.79 Å². The third-order valence-corrected chi connectivity index (χ3v) is 1.99. The smallest absolute Gasteiger partial charge is 0.250 e. The zero-order valence-electron chi connectivity index (χ0n) is 8.03. The molecule has 0 saturated carbocycles. The van der Waals surface area contributed by atoms with Crippen molar-refractivity contribution in [3.63, 3.8) is 0 Å². The van der Waals surface area contributed by atoms with E-state index in [0.717, 1.165) is 5.56 Å². The monoisotopic (exact) mass is 214 g/mol. The Morgan fingerprint density at radius 2 is 2.36 bits per heavy atom. The summed E-state index contributed by atoms with van der Waals surface area (Å²) in [7, 11) is 3.00. The number of hydrogen-bond acceptors (Lipinski definition) is 3. The molecular formula is C9H11ClN2O2. The van der Waals surface area contributed by atoms with Crippen LogP contribution in [0, 0.1) is 0 Å². The van der Waals surface area contributed by atoms with E-state index in [1.54, 1.807) is 25.4 Å². The molecule has 1 rings (SSSR count). The highest BCUT2D eigenvalue weighted by atomic mass is 35.5. The molecule has 1 aromatic heterocycles. The van der Waals surface area contributed by atoms with Crippen molar-refractivity contribution in [2.45, 2.75) is 6.42 Å². The first-order valence-corrected chi connectivity index (χ1v) is 4.42. The Hall–Kier alpha value is -1.13. The molecule has 0 saturated heterocycles. The van der Waals surface area contributed by atoms with Crippen LogP contribution in [0.4, 0.5) is 0 Å². The fraction of sp³-hybridized carbons (Fsp3) is 0.333. The Labute approximate surface area is 87.4 Å². The Kier molecular flexibility index (Phi) is 3.85. The Morgan fingerprint density at radius 1 is 1.64 bits per heavy atom. The number of likely N-dealkylation sites (N-methyl/N-ethyl adjacent to an activating group) is 1. The zero-order valence-corrected chi connectivity index (χ0v) is 8.78. The molecule has 0 unspecified atom stereocenters. The number of rotatable bonds is 3. The lowest BCUT2D eigenvalue weighted by Crippen LogP contribution is -2.26. The molecule has 0 radical (unpaired) electrons. The molecule has 76 valence electrons. The summed E-state index contributed by atoms with van der Waals surface area (Å²) in [6.45, 7) is 0. The standard InChI is InChI=1S/C9H11ClN2O2/c1-12(14-2)9(13)5-7-3-4-8(10)11-6-7/h3-4,6H,5H2,1-2H3. The van der Waals surface area contributed by atoms with Gasteiger partial charge in [-0.3, -0.25) is 9.63 Å². The highest BCUT2D eigenvalue weighted by Crippen LogP contribution is 2.06. The van der Waals surface area contributed by atoms with Gasteiger partial charge in [0.1, 0.15) is 5.15 Å². The molecule has 0 aromatic carbocycles. The maximum atomic E-state index is 11.4. The minimum atomic E-state index is -0.128. The van der Waals surface area contributed by atoms with Gasteiger partial charge in [0.25, 0.3) is 0 Å². The van der Waals surface area contributed by atoms with Crippen molar-refractivity contribution in [3.05, 3.63) is 29.0 Å². The number of carbonyl (C=O) groups excluding carboxylic acids is 1. The lowest BCUT2D eigenvalue weighted by molar-refractivity contribution is -0.167. The van der Waals surface area contributed by atoms with Crippen molar-refractivity contribution in [2.75, 3.05) is 14.2 Å². The largest absolute Gasteiger partial charge is 0.275 e. The van der Waals surface area contributed by atoms with Gasteiger partial charge in [-0.15, -0.1) is 0 Å². The van der Waals surface area contributed by atoms with Crippen LogP contribution in [0.15, 0.2) is 18.3 Å². The fourth-order valence-corrected chi connectivity index (χ4v) is 1.01. The van der Waals surface area contributed by atoms with Crippen LogP contribution in [0.2, 0.25) is 5.15 Å². The van der Waals surface area contributed by atoms with Gasteiger partial charge in [-0.1, -0.05) is 17.7 Å². The highest BCUT2D eigenvalue weighted by molar-refractivity contribution is 6.29. The second-order valence-corrected chi connectivity index (χ2v) is 3.13. The lowest BCUT2D eigenvalue weighted by Gasteiger charge is -2.12. The van der Waals surface area contributed by atoms with E-state index in [2.05, 4.69) is 4.98 Å². The van der Waals surface area contributed by atoms with Crippen LogP contribution in [0.1, 0.15) is 5.56 Å². The van der Waals surface area contributed by atoms with E-state index in [1.165, 1.54) is 12.2 Å². The van der Waals surface area contributed by atoms with Crippen molar-refractivity contribution in [1.29, 1.82) is 0 Å².